The predicted octanol–water partition coefficient (Wildman–Crippen LogP) is 2.14. The second-order valence-corrected chi connectivity index (χ2v) is 7.18. The van der Waals surface area contributed by atoms with Crippen molar-refractivity contribution in [2.75, 3.05) is 13.1 Å². The normalized spacial score (nSPS) is 17.0. The summed E-state index contributed by atoms with van der Waals surface area (Å²) in [5.74, 6) is 0.0633. The van der Waals surface area contributed by atoms with E-state index in [4.69, 9.17) is 0 Å². The Balaban J connectivity index is 1.41. The molecule has 1 fully saturated rings. The molecule has 1 saturated heterocycles. The highest BCUT2D eigenvalue weighted by Gasteiger charge is 2.28. The van der Waals surface area contributed by atoms with Gasteiger partial charge in [-0.05, 0) is 38.5 Å². The van der Waals surface area contributed by atoms with Crippen molar-refractivity contribution in [2.45, 2.75) is 39.2 Å². The molecule has 0 saturated carbocycles. The number of fused-ring (bicyclic) bond motifs is 1. The Kier molecular flexibility index (Phi) is 4.51. The number of nitrogens with one attached hydrogen (secondary N) is 1. The van der Waals surface area contributed by atoms with Crippen LogP contribution in [0.3, 0.4) is 0 Å². The van der Waals surface area contributed by atoms with Gasteiger partial charge < -0.3 is 9.88 Å². The maximum atomic E-state index is 12.6. The number of carbonyl (C=O) groups is 1. The summed E-state index contributed by atoms with van der Waals surface area (Å²) in [6.07, 6.45) is 1.54. The molecule has 2 aromatic heterocycles. The van der Waals surface area contributed by atoms with Crippen molar-refractivity contribution in [3.8, 4) is 0 Å². The zero-order valence-electron chi connectivity index (χ0n) is 15.6. The molecule has 0 radical (unpaired) electrons. The lowest BCUT2D eigenvalue weighted by Gasteiger charge is -2.17. The molecule has 7 nitrogen and oxygen atoms in total. The number of likely N-dealkylation sites (tertiary alicyclic amines) is 1. The number of H-pyrrole nitrogens is 1. The highest BCUT2D eigenvalue weighted by atomic mass is 16.2. The van der Waals surface area contributed by atoms with Crippen LogP contribution >= 0.6 is 0 Å². The van der Waals surface area contributed by atoms with E-state index in [0.717, 1.165) is 29.9 Å². The first-order valence-corrected chi connectivity index (χ1v) is 9.30. The van der Waals surface area contributed by atoms with E-state index in [9.17, 15) is 9.59 Å². The Morgan fingerprint density at radius 3 is 2.89 bits per heavy atom. The number of para-hydroxylation sites is 2. The molecule has 1 amide bonds. The summed E-state index contributed by atoms with van der Waals surface area (Å²) in [4.78, 5) is 33.9. The van der Waals surface area contributed by atoms with Gasteiger partial charge in [-0.3, -0.25) is 14.3 Å². The fraction of sp³-hybridized carbons (Fsp3) is 0.400. The van der Waals surface area contributed by atoms with Crippen LogP contribution < -0.4 is 5.56 Å². The Morgan fingerprint density at radius 2 is 2.11 bits per heavy atom. The van der Waals surface area contributed by atoms with Gasteiger partial charge in [-0.2, -0.15) is 5.10 Å². The second kappa shape index (κ2) is 6.98. The lowest BCUT2D eigenvalue weighted by molar-refractivity contribution is -0.130. The Morgan fingerprint density at radius 1 is 1.30 bits per heavy atom. The van der Waals surface area contributed by atoms with Crippen LogP contribution in [-0.4, -0.2) is 43.6 Å². The molecule has 27 heavy (non-hydrogen) atoms. The van der Waals surface area contributed by atoms with Crippen molar-refractivity contribution < 1.29 is 4.79 Å². The van der Waals surface area contributed by atoms with Gasteiger partial charge in [-0.1, -0.05) is 12.1 Å². The number of nitrogens with zero attached hydrogens (tertiary/aromatic N) is 4. The van der Waals surface area contributed by atoms with Crippen LogP contribution in [0.5, 0.6) is 0 Å². The summed E-state index contributed by atoms with van der Waals surface area (Å²) in [5, 5.41) is 4.54. The van der Waals surface area contributed by atoms with E-state index in [1.165, 1.54) is 0 Å². The number of aryl methyl sites for hydroxylation is 3. The van der Waals surface area contributed by atoms with E-state index < -0.39 is 0 Å². The van der Waals surface area contributed by atoms with Crippen LogP contribution in [0.25, 0.3) is 11.0 Å². The molecule has 1 aliphatic heterocycles. The van der Waals surface area contributed by atoms with Crippen LogP contribution in [0.2, 0.25) is 0 Å². The fourth-order valence-corrected chi connectivity index (χ4v) is 3.80. The van der Waals surface area contributed by atoms with Crippen molar-refractivity contribution in [3.05, 3.63) is 57.8 Å². The van der Waals surface area contributed by atoms with Gasteiger partial charge in [-0.15, -0.1) is 0 Å². The standard InChI is InChI=1S/C20H23N5O2/c1-13-11-14(2)25(23-13)15-9-10-24(12-15)19(26)8-7-18-20(27)22-17-6-4-3-5-16(17)21-18/h3-6,11,15H,7-10,12H2,1-2H3,(H,22,27)/t15-/m0/s1. The number of rotatable bonds is 4. The number of hydrogen-bond acceptors (Lipinski definition) is 4. The molecular formula is C20H23N5O2. The average Bonchev–Trinajstić information content (AvgIpc) is 3.26. The number of hydrogen-bond donors (Lipinski definition) is 1. The molecule has 0 bridgehead atoms. The molecule has 1 N–H and O–H groups in total. The van der Waals surface area contributed by atoms with Crippen molar-refractivity contribution >= 4 is 16.9 Å². The van der Waals surface area contributed by atoms with E-state index in [1.807, 2.05) is 47.7 Å². The first-order valence-electron chi connectivity index (χ1n) is 9.30. The van der Waals surface area contributed by atoms with Crippen LogP contribution in [0, 0.1) is 13.8 Å². The summed E-state index contributed by atoms with van der Waals surface area (Å²) in [6, 6.07) is 9.70. The first kappa shape index (κ1) is 17.5. The number of benzene rings is 1. The van der Waals surface area contributed by atoms with Crippen LogP contribution in [0.1, 0.15) is 36.0 Å². The van der Waals surface area contributed by atoms with E-state index >= 15 is 0 Å². The highest BCUT2D eigenvalue weighted by molar-refractivity contribution is 5.77. The Bertz CT molecular complexity index is 1050. The minimum Gasteiger partial charge on any atom is -0.340 e. The molecule has 4 rings (SSSR count). The third kappa shape index (κ3) is 3.49. The zero-order chi connectivity index (χ0) is 19.0. The number of carbonyl (C=O) groups excluding carboxylic acids is 1. The topological polar surface area (TPSA) is 83.9 Å². The molecule has 1 atom stereocenters. The maximum Gasteiger partial charge on any atom is 0.270 e. The molecule has 3 heterocycles. The van der Waals surface area contributed by atoms with Gasteiger partial charge in [0.25, 0.3) is 5.56 Å². The summed E-state index contributed by atoms with van der Waals surface area (Å²) >= 11 is 0. The predicted molar refractivity (Wildman–Crippen MR) is 103 cm³/mol. The molecule has 0 spiro atoms. The van der Waals surface area contributed by atoms with Crippen LogP contribution in [0.15, 0.2) is 35.1 Å². The van der Waals surface area contributed by atoms with Crippen LogP contribution in [0.4, 0.5) is 0 Å². The summed E-state index contributed by atoms with van der Waals surface area (Å²) in [6.45, 7) is 5.42. The average molecular weight is 365 g/mol. The highest BCUT2D eigenvalue weighted by Crippen LogP contribution is 2.23. The van der Waals surface area contributed by atoms with Gasteiger partial charge in [0.2, 0.25) is 5.91 Å². The number of aromatic amines is 1. The van der Waals surface area contributed by atoms with Crippen molar-refractivity contribution in [1.82, 2.24) is 24.6 Å². The third-order valence-electron chi connectivity index (χ3n) is 5.15. The van der Waals surface area contributed by atoms with E-state index in [1.54, 1.807) is 0 Å². The van der Waals surface area contributed by atoms with E-state index in [-0.39, 0.29) is 23.9 Å². The smallest absolute Gasteiger partial charge is 0.270 e. The van der Waals surface area contributed by atoms with Crippen molar-refractivity contribution in [2.24, 2.45) is 0 Å². The molecule has 0 unspecified atom stereocenters. The van der Waals surface area contributed by atoms with Gasteiger partial charge in [0.05, 0.1) is 22.8 Å². The Hall–Kier alpha value is -2.96. The first-order chi connectivity index (χ1) is 13.0. The quantitative estimate of drug-likeness (QED) is 0.768. The monoisotopic (exact) mass is 365 g/mol. The van der Waals surface area contributed by atoms with Gasteiger partial charge in [0, 0.05) is 31.6 Å². The molecule has 140 valence electrons. The maximum absolute atomic E-state index is 12.6. The molecule has 7 heteroatoms. The summed E-state index contributed by atoms with van der Waals surface area (Å²) < 4.78 is 2.03. The second-order valence-electron chi connectivity index (χ2n) is 7.18. The van der Waals surface area contributed by atoms with Gasteiger partial charge in [0.15, 0.2) is 0 Å². The lowest BCUT2D eigenvalue weighted by atomic mass is 10.2. The fourth-order valence-electron chi connectivity index (χ4n) is 3.80. The Labute approximate surface area is 157 Å². The third-order valence-corrected chi connectivity index (χ3v) is 5.15. The summed E-state index contributed by atoms with van der Waals surface area (Å²) in [5.41, 5.74) is 3.77. The molecular weight excluding hydrogens is 342 g/mol. The van der Waals surface area contributed by atoms with Crippen molar-refractivity contribution in [3.63, 3.8) is 0 Å². The summed E-state index contributed by atoms with van der Waals surface area (Å²) in [7, 11) is 0. The van der Waals surface area contributed by atoms with Crippen molar-refractivity contribution in [1.29, 1.82) is 0 Å². The molecule has 3 aromatic rings. The number of aromatic nitrogens is 4. The van der Waals surface area contributed by atoms with Gasteiger partial charge in [0.1, 0.15) is 5.69 Å². The number of amides is 1. The molecule has 1 aliphatic rings. The molecule has 0 aliphatic carbocycles. The minimum atomic E-state index is -0.219. The minimum absolute atomic E-state index is 0.0633. The lowest BCUT2D eigenvalue weighted by Crippen LogP contribution is -2.30. The largest absolute Gasteiger partial charge is 0.340 e. The van der Waals surface area contributed by atoms with Gasteiger partial charge >= 0.3 is 0 Å². The van der Waals surface area contributed by atoms with Gasteiger partial charge in [-0.25, -0.2) is 4.98 Å². The molecule has 1 aromatic carbocycles. The van der Waals surface area contributed by atoms with Crippen LogP contribution in [-0.2, 0) is 11.2 Å². The van der Waals surface area contributed by atoms with E-state index in [0.29, 0.717) is 24.2 Å². The van der Waals surface area contributed by atoms with E-state index in [2.05, 4.69) is 21.1 Å². The zero-order valence-corrected chi connectivity index (χ0v) is 15.6. The SMILES string of the molecule is Cc1cc(C)n([C@H]2CCN(C(=O)CCc3nc4ccccc4[nH]c3=O)C2)n1.